The topological polar surface area (TPSA) is 116 Å². The normalized spacial score (nSPS) is 16.7. The van der Waals surface area contributed by atoms with Crippen molar-refractivity contribution < 1.29 is 34.7 Å². The molecule has 160 valence electrons. The third kappa shape index (κ3) is 9.29. The number of hydrogen-bond acceptors (Lipinski definition) is 8. The zero-order chi connectivity index (χ0) is 21.8. The van der Waals surface area contributed by atoms with Gasteiger partial charge in [0, 0.05) is 0 Å². The van der Waals surface area contributed by atoms with Crippen LogP contribution in [0, 0.1) is 0 Å². The fourth-order valence-electron chi connectivity index (χ4n) is 1.88. The maximum atomic E-state index is 12.5. The first kappa shape index (κ1) is 24.9. The lowest BCUT2D eigenvalue weighted by molar-refractivity contribution is -0.209. The lowest BCUT2D eigenvalue weighted by Crippen LogP contribution is -2.38. The Bertz CT molecular complexity index is 710. The first-order valence-corrected chi connectivity index (χ1v) is 9.93. The van der Waals surface area contributed by atoms with E-state index in [4.69, 9.17) is 9.47 Å². The highest BCUT2D eigenvalue weighted by atomic mass is 32.2. The number of hydrogen-bond donors (Lipinski definition) is 4. The molecule has 8 heteroatoms. The zero-order valence-corrected chi connectivity index (χ0v) is 17.5. The summed E-state index contributed by atoms with van der Waals surface area (Å²) < 4.78 is 10.8. The fraction of sp³-hybridized carbons (Fsp3) is 0.381. The highest BCUT2D eigenvalue weighted by Crippen LogP contribution is 2.21. The second-order valence-electron chi connectivity index (χ2n) is 6.19. The van der Waals surface area contributed by atoms with Gasteiger partial charge in [0.25, 0.3) is 0 Å². The summed E-state index contributed by atoms with van der Waals surface area (Å²) in [6, 6.07) is 6.36. The van der Waals surface area contributed by atoms with Crippen LogP contribution in [0.2, 0.25) is 0 Å². The smallest absolute Gasteiger partial charge is 0.227 e. The first-order valence-electron chi connectivity index (χ1n) is 9.05. The Labute approximate surface area is 175 Å². The molecule has 4 unspecified atom stereocenters. The monoisotopic (exact) mass is 424 g/mol. The van der Waals surface area contributed by atoms with Gasteiger partial charge in [0.2, 0.25) is 6.29 Å². The fourth-order valence-corrected chi connectivity index (χ4v) is 2.46. The van der Waals surface area contributed by atoms with Crippen molar-refractivity contribution in [2.24, 2.45) is 0 Å². The van der Waals surface area contributed by atoms with Gasteiger partial charge in [-0.05, 0) is 50.0 Å². The van der Waals surface area contributed by atoms with Gasteiger partial charge >= 0.3 is 0 Å². The summed E-state index contributed by atoms with van der Waals surface area (Å²) in [6.07, 6.45) is 1.76. The van der Waals surface area contributed by atoms with E-state index < -0.39 is 31.2 Å². The minimum absolute atomic E-state index is 0.131. The molecular formula is C21H28O7S. The summed E-state index contributed by atoms with van der Waals surface area (Å²) in [5, 5.41) is 39.7. The van der Waals surface area contributed by atoms with Crippen LogP contribution in [0.25, 0.3) is 6.08 Å². The molecule has 0 saturated heterocycles. The molecule has 0 aliphatic rings. The van der Waals surface area contributed by atoms with Gasteiger partial charge in [0.1, 0.15) is 18.1 Å². The van der Waals surface area contributed by atoms with E-state index >= 15 is 0 Å². The van der Waals surface area contributed by atoms with Gasteiger partial charge in [-0.3, -0.25) is 4.79 Å². The SMILES string of the molecule is C/C=C\S/C(=C/OC(OC(C)C(C)O)C(O)CO)C(=O)/C=C/c1ccc(O)cc1. The van der Waals surface area contributed by atoms with Crippen LogP contribution in [0.3, 0.4) is 0 Å². The number of aromatic hydroxyl groups is 1. The molecule has 0 aliphatic heterocycles. The van der Waals surface area contributed by atoms with Gasteiger partial charge in [-0.15, -0.1) is 0 Å². The van der Waals surface area contributed by atoms with Crippen molar-refractivity contribution in [2.75, 3.05) is 6.61 Å². The molecule has 0 amide bonds. The standard InChI is InChI=1S/C21H28O7S/c1-4-11-29-20(18(25)10-7-16-5-8-17(24)9-6-16)13-27-21(19(26)12-22)28-15(3)14(2)23/h4-11,13-15,19,21-24,26H,12H2,1-3H3/b10-7+,11-4-,20-13+. The van der Waals surface area contributed by atoms with Crippen LogP contribution in [-0.2, 0) is 14.3 Å². The van der Waals surface area contributed by atoms with Crippen LogP contribution in [0.4, 0.5) is 0 Å². The van der Waals surface area contributed by atoms with Crippen molar-refractivity contribution in [3.8, 4) is 5.75 Å². The summed E-state index contributed by atoms with van der Waals surface area (Å²) in [5.41, 5.74) is 0.732. The van der Waals surface area contributed by atoms with E-state index in [2.05, 4.69) is 0 Å². The molecule has 1 aromatic carbocycles. The third-order valence-electron chi connectivity index (χ3n) is 3.73. The lowest BCUT2D eigenvalue weighted by atomic mass is 10.2. The largest absolute Gasteiger partial charge is 0.508 e. The molecular weight excluding hydrogens is 396 g/mol. The van der Waals surface area contributed by atoms with Gasteiger partial charge in [-0.1, -0.05) is 36.0 Å². The Kier molecular flexibility index (Phi) is 11.3. The molecule has 0 bridgehead atoms. The molecule has 1 aromatic rings. The van der Waals surface area contributed by atoms with Crippen molar-refractivity contribution in [1.29, 1.82) is 0 Å². The molecule has 0 radical (unpaired) electrons. The Morgan fingerprint density at radius 3 is 2.41 bits per heavy atom. The van der Waals surface area contributed by atoms with E-state index in [-0.39, 0.29) is 16.4 Å². The Morgan fingerprint density at radius 1 is 1.21 bits per heavy atom. The number of phenols is 1. The van der Waals surface area contributed by atoms with Gasteiger partial charge in [0.05, 0.1) is 23.7 Å². The molecule has 0 aliphatic carbocycles. The zero-order valence-electron chi connectivity index (χ0n) is 16.6. The van der Waals surface area contributed by atoms with Crippen molar-refractivity contribution in [2.45, 2.75) is 45.4 Å². The second kappa shape index (κ2) is 13.2. The van der Waals surface area contributed by atoms with E-state index in [1.807, 2.05) is 0 Å². The van der Waals surface area contributed by atoms with E-state index in [0.29, 0.717) is 0 Å². The van der Waals surface area contributed by atoms with Crippen LogP contribution >= 0.6 is 11.8 Å². The van der Waals surface area contributed by atoms with Crippen LogP contribution in [0.5, 0.6) is 5.75 Å². The van der Waals surface area contributed by atoms with Gasteiger partial charge < -0.3 is 29.9 Å². The van der Waals surface area contributed by atoms with Crippen LogP contribution in [0.15, 0.2) is 53.0 Å². The maximum Gasteiger partial charge on any atom is 0.227 e. The molecule has 4 atom stereocenters. The lowest BCUT2D eigenvalue weighted by Gasteiger charge is -2.26. The first-order chi connectivity index (χ1) is 13.8. The third-order valence-corrected chi connectivity index (χ3v) is 4.69. The molecule has 0 saturated carbocycles. The van der Waals surface area contributed by atoms with Crippen LogP contribution in [-0.4, -0.2) is 57.4 Å². The van der Waals surface area contributed by atoms with E-state index in [1.54, 1.807) is 43.5 Å². The summed E-state index contributed by atoms with van der Waals surface area (Å²) in [7, 11) is 0. The number of rotatable bonds is 12. The van der Waals surface area contributed by atoms with Crippen molar-refractivity contribution in [3.05, 3.63) is 58.6 Å². The molecule has 0 heterocycles. The highest BCUT2D eigenvalue weighted by molar-refractivity contribution is 8.06. The predicted octanol–water partition coefficient (Wildman–Crippen LogP) is 2.56. The van der Waals surface area contributed by atoms with E-state index in [1.165, 1.54) is 25.1 Å². The summed E-state index contributed by atoms with van der Waals surface area (Å²) in [6.45, 7) is 4.30. The molecule has 7 nitrogen and oxygen atoms in total. The highest BCUT2D eigenvalue weighted by Gasteiger charge is 2.25. The number of carbonyl (C=O) groups excluding carboxylic acids is 1. The second-order valence-corrected chi connectivity index (χ2v) is 7.14. The van der Waals surface area contributed by atoms with Crippen molar-refractivity contribution in [1.82, 2.24) is 0 Å². The predicted molar refractivity (Wildman–Crippen MR) is 113 cm³/mol. The van der Waals surface area contributed by atoms with E-state index in [0.717, 1.165) is 23.6 Å². The summed E-state index contributed by atoms with van der Waals surface area (Å²) in [5.74, 6) is -0.215. The molecule has 1 rings (SSSR count). The number of benzene rings is 1. The number of ether oxygens (including phenoxy) is 2. The minimum atomic E-state index is -1.36. The van der Waals surface area contributed by atoms with Crippen molar-refractivity contribution >= 4 is 23.6 Å². The van der Waals surface area contributed by atoms with Crippen LogP contribution < -0.4 is 0 Å². The maximum absolute atomic E-state index is 12.5. The molecule has 0 aromatic heterocycles. The Morgan fingerprint density at radius 2 is 1.86 bits per heavy atom. The minimum Gasteiger partial charge on any atom is -0.508 e. The van der Waals surface area contributed by atoms with Gasteiger partial charge in [-0.25, -0.2) is 0 Å². The number of allylic oxidation sites excluding steroid dienone is 3. The Hall–Kier alpha value is -2.10. The number of phenolic OH excluding ortho intramolecular Hbond substituents is 1. The number of thioether (sulfide) groups is 1. The van der Waals surface area contributed by atoms with Crippen LogP contribution in [0.1, 0.15) is 26.3 Å². The molecule has 4 N–H and O–H groups in total. The van der Waals surface area contributed by atoms with Gasteiger partial charge in [0.15, 0.2) is 5.78 Å². The quantitative estimate of drug-likeness (QED) is 0.230. The molecule has 29 heavy (non-hydrogen) atoms. The summed E-state index contributed by atoms with van der Waals surface area (Å²) >= 11 is 1.12. The average molecular weight is 425 g/mol. The number of ketones is 1. The summed E-state index contributed by atoms with van der Waals surface area (Å²) in [4.78, 5) is 12.8. The van der Waals surface area contributed by atoms with E-state index in [9.17, 15) is 25.2 Å². The average Bonchev–Trinajstić information content (AvgIpc) is 2.71. The van der Waals surface area contributed by atoms with Gasteiger partial charge in [-0.2, -0.15) is 0 Å². The number of aliphatic hydroxyl groups excluding tert-OH is 3. The number of aliphatic hydroxyl groups is 3. The van der Waals surface area contributed by atoms with Crippen molar-refractivity contribution in [3.63, 3.8) is 0 Å². The molecule has 0 fully saturated rings. The number of carbonyl (C=O) groups is 1. The molecule has 0 spiro atoms. The Balaban J connectivity index is 2.95.